The zero-order chi connectivity index (χ0) is 17.3. The smallest absolute Gasteiger partial charge is 0.317 e. The van der Waals surface area contributed by atoms with Crippen LogP contribution in [0.4, 0.5) is 0 Å². The highest BCUT2D eigenvalue weighted by Gasteiger charge is 2.36. The van der Waals surface area contributed by atoms with Crippen molar-refractivity contribution in [1.29, 1.82) is 0 Å². The molecule has 2 N–H and O–H groups in total. The van der Waals surface area contributed by atoms with Crippen molar-refractivity contribution in [3.05, 3.63) is 29.3 Å². The van der Waals surface area contributed by atoms with Crippen LogP contribution < -0.4 is 4.72 Å². The monoisotopic (exact) mass is 354 g/mol. The molecular weight excluding hydrogens is 332 g/mol. The fourth-order valence-corrected chi connectivity index (χ4v) is 4.57. The van der Waals surface area contributed by atoms with E-state index in [-0.39, 0.29) is 23.5 Å². The van der Waals surface area contributed by atoms with Gasteiger partial charge in [-0.25, -0.2) is 13.1 Å². The van der Waals surface area contributed by atoms with E-state index in [1.54, 1.807) is 18.2 Å². The molecule has 1 saturated carbocycles. The Kier molecular flexibility index (Phi) is 4.91. The highest BCUT2D eigenvalue weighted by molar-refractivity contribution is 7.89. The Bertz CT molecular complexity index is 728. The topological polar surface area (TPSA) is 95.9 Å². The summed E-state index contributed by atoms with van der Waals surface area (Å²) in [5.41, 5.74) is 1.95. The van der Waals surface area contributed by atoms with Crippen LogP contribution in [0.3, 0.4) is 0 Å². The van der Waals surface area contributed by atoms with Crippen LogP contribution in [0.25, 0.3) is 0 Å². The maximum Gasteiger partial charge on any atom is 0.317 e. The lowest BCUT2D eigenvalue weighted by molar-refractivity contribution is -0.139. The molecule has 1 heterocycles. The minimum absolute atomic E-state index is 0.00847. The van der Waals surface area contributed by atoms with Crippen LogP contribution in [0.5, 0.6) is 0 Å². The summed E-state index contributed by atoms with van der Waals surface area (Å²) in [7, 11) is -3.56. The molecule has 1 fully saturated rings. The molecule has 3 rings (SSSR count). The molecule has 0 unspecified atom stereocenters. The second-order valence-corrected chi connectivity index (χ2v) is 8.04. The molecule has 0 saturated heterocycles. The Hall–Kier alpha value is -1.48. The van der Waals surface area contributed by atoms with E-state index in [1.807, 2.05) is 11.8 Å². The van der Waals surface area contributed by atoms with E-state index in [1.165, 1.54) is 0 Å². The normalized spacial score (nSPS) is 23.1. The summed E-state index contributed by atoms with van der Waals surface area (Å²) in [6, 6.07) is 5.05. The minimum atomic E-state index is -3.56. The van der Waals surface area contributed by atoms with Crippen LogP contribution in [0.15, 0.2) is 23.1 Å². The van der Waals surface area contributed by atoms with Gasteiger partial charge in [0.05, 0.1) is 24.7 Å². The summed E-state index contributed by atoms with van der Waals surface area (Å²) in [4.78, 5) is 13.0. The van der Waals surface area contributed by atoms with E-state index in [9.17, 15) is 13.2 Å². The summed E-state index contributed by atoms with van der Waals surface area (Å²) >= 11 is 0. The lowest BCUT2D eigenvalue weighted by atomic mass is 9.86. The molecule has 1 aliphatic heterocycles. The van der Waals surface area contributed by atoms with Crippen LogP contribution in [-0.2, 0) is 32.8 Å². The summed E-state index contributed by atoms with van der Waals surface area (Å²) in [5, 5.41) is 8.90. The zero-order valence-corrected chi connectivity index (χ0v) is 14.4. The van der Waals surface area contributed by atoms with Gasteiger partial charge in [0, 0.05) is 12.1 Å². The van der Waals surface area contributed by atoms with E-state index in [4.69, 9.17) is 9.84 Å². The van der Waals surface area contributed by atoms with Crippen molar-refractivity contribution in [3.63, 3.8) is 0 Å². The maximum absolute atomic E-state index is 12.5. The van der Waals surface area contributed by atoms with Crippen molar-refractivity contribution in [1.82, 2.24) is 9.62 Å². The number of nitrogens with one attached hydrogen (secondary N) is 1. The van der Waals surface area contributed by atoms with Crippen molar-refractivity contribution >= 4 is 16.0 Å². The number of carboxylic acids is 1. The van der Waals surface area contributed by atoms with E-state index in [2.05, 4.69) is 4.72 Å². The zero-order valence-electron chi connectivity index (χ0n) is 13.6. The molecule has 0 amide bonds. The van der Waals surface area contributed by atoms with E-state index in [0.29, 0.717) is 32.6 Å². The fraction of sp³-hybridized carbons (Fsp3) is 0.562. The summed E-state index contributed by atoms with van der Waals surface area (Å²) in [5.74, 6) is -0.860. The first-order valence-corrected chi connectivity index (χ1v) is 9.55. The predicted octanol–water partition coefficient (Wildman–Crippen LogP) is 0.933. The quantitative estimate of drug-likeness (QED) is 0.756. The third-order valence-corrected chi connectivity index (χ3v) is 6.22. The van der Waals surface area contributed by atoms with Crippen molar-refractivity contribution in [2.45, 2.75) is 50.0 Å². The number of carboxylic acid groups (broad SMARTS) is 1. The molecule has 0 bridgehead atoms. The van der Waals surface area contributed by atoms with Crippen molar-refractivity contribution < 1.29 is 23.1 Å². The number of sulfonamides is 1. The number of nitrogens with zero attached hydrogens (tertiary/aromatic N) is 1. The minimum Gasteiger partial charge on any atom is -0.480 e. The lowest BCUT2D eigenvalue weighted by Gasteiger charge is -2.42. The number of hydrogen-bond donors (Lipinski definition) is 2. The first-order chi connectivity index (χ1) is 11.4. The second-order valence-electron chi connectivity index (χ2n) is 6.32. The van der Waals surface area contributed by atoms with Gasteiger partial charge in [-0.15, -0.1) is 0 Å². The Morgan fingerprint density at radius 1 is 1.33 bits per heavy atom. The number of hydrogen-bond acceptors (Lipinski definition) is 5. The maximum atomic E-state index is 12.5. The van der Waals surface area contributed by atoms with Crippen LogP contribution in [0.1, 0.15) is 30.9 Å². The lowest BCUT2D eigenvalue weighted by Crippen LogP contribution is -2.54. The number of fused-ring (bicyclic) bond motifs is 1. The Labute approximate surface area is 141 Å². The SMILES string of the molecule is CCN(CC(=O)O)C1CC(NS(=O)(=O)c2ccc3c(c2)COC3)C1. The molecule has 24 heavy (non-hydrogen) atoms. The van der Waals surface area contributed by atoms with Gasteiger partial charge in [0.15, 0.2) is 0 Å². The Morgan fingerprint density at radius 3 is 2.71 bits per heavy atom. The highest BCUT2D eigenvalue weighted by atomic mass is 32.2. The number of rotatable bonds is 7. The Balaban J connectivity index is 1.60. The van der Waals surface area contributed by atoms with Gasteiger partial charge in [-0.05, 0) is 42.6 Å². The summed E-state index contributed by atoms with van der Waals surface area (Å²) < 4.78 is 33.0. The molecule has 1 aliphatic carbocycles. The van der Waals surface area contributed by atoms with E-state index < -0.39 is 16.0 Å². The van der Waals surface area contributed by atoms with E-state index in [0.717, 1.165) is 11.1 Å². The first kappa shape index (κ1) is 17.3. The molecular formula is C16H22N2O5S. The average molecular weight is 354 g/mol. The molecule has 0 atom stereocenters. The number of ether oxygens (including phenoxy) is 1. The van der Waals surface area contributed by atoms with Gasteiger partial charge in [-0.1, -0.05) is 13.0 Å². The van der Waals surface area contributed by atoms with Crippen molar-refractivity contribution in [2.24, 2.45) is 0 Å². The third-order valence-electron chi connectivity index (χ3n) is 4.70. The molecule has 2 aliphatic rings. The summed E-state index contributed by atoms with van der Waals surface area (Å²) in [6.07, 6.45) is 1.27. The second kappa shape index (κ2) is 6.79. The third kappa shape index (κ3) is 3.61. The average Bonchev–Trinajstić information content (AvgIpc) is 2.95. The van der Waals surface area contributed by atoms with Gasteiger partial charge in [-0.3, -0.25) is 9.69 Å². The molecule has 1 aromatic carbocycles. The van der Waals surface area contributed by atoms with Crippen LogP contribution >= 0.6 is 0 Å². The summed E-state index contributed by atoms with van der Waals surface area (Å²) in [6.45, 7) is 3.52. The Morgan fingerprint density at radius 2 is 2.04 bits per heavy atom. The van der Waals surface area contributed by atoms with Gasteiger partial charge in [0.2, 0.25) is 10.0 Å². The molecule has 0 radical (unpaired) electrons. The molecule has 8 heteroatoms. The number of aliphatic carboxylic acids is 1. The number of benzene rings is 1. The van der Waals surface area contributed by atoms with Crippen LogP contribution in [-0.4, -0.2) is 49.6 Å². The highest BCUT2D eigenvalue weighted by Crippen LogP contribution is 2.28. The number of carbonyl (C=O) groups is 1. The standard InChI is InChI=1S/C16H22N2O5S/c1-2-18(8-16(19)20)14-6-13(7-14)17-24(21,22)15-4-3-11-9-23-10-12(11)5-15/h3-5,13-14,17H,2,6-10H2,1H3,(H,19,20). The fourth-order valence-electron chi connectivity index (χ4n) is 3.26. The molecule has 1 aromatic rings. The number of likely N-dealkylation sites (N-methyl/N-ethyl adjacent to an activating group) is 1. The molecule has 7 nitrogen and oxygen atoms in total. The molecule has 132 valence electrons. The van der Waals surface area contributed by atoms with Gasteiger partial charge < -0.3 is 9.84 Å². The van der Waals surface area contributed by atoms with Gasteiger partial charge in [0.1, 0.15) is 0 Å². The van der Waals surface area contributed by atoms with Gasteiger partial charge in [-0.2, -0.15) is 0 Å². The molecule has 0 spiro atoms. The first-order valence-electron chi connectivity index (χ1n) is 8.06. The van der Waals surface area contributed by atoms with Crippen LogP contribution in [0, 0.1) is 0 Å². The van der Waals surface area contributed by atoms with Gasteiger partial charge >= 0.3 is 5.97 Å². The van der Waals surface area contributed by atoms with Crippen molar-refractivity contribution in [2.75, 3.05) is 13.1 Å². The van der Waals surface area contributed by atoms with E-state index >= 15 is 0 Å². The van der Waals surface area contributed by atoms with Crippen molar-refractivity contribution in [3.8, 4) is 0 Å². The largest absolute Gasteiger partial charge is 0.480 e. The van der Waals surface area contributed by atoms with Gasteiger partial charge in [0.25, 0.3) is 0 Å². The van der Waals surface area contributed by atoms with Crippen LogP contribution in [0.2, 0.25) is 0 Å². The predicted molar refractivity (Wildman–Crippen MR) is 86.9 cm³/mol. The molecule has 0 aromatic heterocycles.